The minimum absolute atomic E-state index is 0.663. The van der Waals surface area contributed by atoms with Gasteiger partial charge in [-0.3, -0.25) is 0 Å². The zero-order valence-electron chi connectivity index (χ0n) is 6.97. The highest BCUT2D eigenvalue weighted by Gasteiger charge is 2.03. The summed E-state index contributed by atoms with van der Waals surface area (Å²) in [5.74, 6) is 0. The Hall–Kier alpha value is -0.940. The van der Waals surface area contributed by atoms with Crippen molar-refractivity contribution in [3.8, 4) is 0 Å². The van der Waals surface area contributed by atoms with Crippen LogP contribution < -0.4 is 0 Å². The third-order valence-corrected chi connectivity index (χ3v) is 2.80. The first-order chi connectivity index (χ1) is 6.31. The zero-order valence-corrected chi connectivity index (χ0v) is 8.60. The molecule has 0 aliphatic carbocycles. The van der Waals surface area contributed by atoms with Gasteiger partial charge in [-0.1, -0.05) is 23.9 Å². The molecule has 66 valence electrons. The predicted molar refractivity (Wildman–Crippen MR) is 59.0 cm³/mol. The molecule has 0 saturated carbocycles. The summed E-state index contributed by atoms with van der Waals surface area (Å²) in [5.41, 5.74) is 1.75. The van der Waals surface area contributed by atoms with Gasteiger partial charge in [-0.2, -0.15) is 0 Å². The SMILES string of the molecule is CSC(=S)n1nc2ccccc2n1. The van der Waals surface area contributed by atoms with Gasteiger partial charge in [0.25, 0.3) is 0 Å². The van der Waals surface area contributed by atoms with Gasteiger partial charge >= 0.3 is 0 Å². The Morgan fingerprint density at radius 1 is 1.31 bits per heavy atom. The van der Waals surface area contributed by atoms with E-state index in [1.807, 2.05) is 30.5 Å². The van der Waals surface area contributed by atoms with Crippen LogP contribution in [0.5, 0.6) is 0 Å². The lowest BCUT2D eigenvalue weighted by Gasteiger charge is -1.93. The Labute approximate surface area is 85.1 Å². The van der Waals surface area contributed by atoms with E-state index in [1.54, 1.807) is 0 Å². The van der Waals surface area contributed by atoms with E-state index in [-0.39, 0.29) is 0 Å². The molecule has 0 fully saturated rings. The fourth-order valence-electron chi connectivity index (χ4n) is 1.02. The molecule has 1 aromatic heterocycles. The first-order valence-corrected chi connectivity index (χ1v) is 5.35. The van der Waals surface area contributed by atoms with Crippen LogP contribution in [0.3, 0.4) is 0 Å². The molecule has 0 radical (unpaired) electrons. The van der Waals surface area contributed by atoms with E-state index in [9.17, 15) is 0 Å². The van der Waals surface area contributed by atoms with E-state index >= 15 is 0 Å². The molecule has 0 unspecified atom stereocenters. The Balaban J connectivity index is 2.56. The van der Waals surface area contributed by atoms with E-state index in [0.717, 1.165) is 11.0 Å². The second-order valence-corrected chi connectivity index (χ2v) is 3.89. The van der Waals surface area contributed by atoms with Crippen molar-refractivity contribution in [2.24, 2.45) is 0 Å². The molecule has 3 nitrogen and oxygen atoms in total. The average Bonchev–Trinajstić information content (AvgIpc) is 2.59. The Bertz CT molecular complexity index is 416. The van der Waals surface area contributed by atoms with Crippen molar-refractivity contribution in [2.45, 2.75) is 0 Å². The second-order valence-electron chi connectivity index (χ2n) is 2.45. The van der Waals surface area contributed by atoms with Crippen molar-refractivity contribution in [3.63, 3.8) is 0 Å². The van der Waals surface area contributed by atoms with Crippen LogP contribution in [-0.4, -0.2) is 25.6 Å². The molecular formula is C8H7N3S2. The Kier molecular flexibility index (Phi) is 2.28. The maximum Gasteiger partial charge on any atom is 0.182 e. The van der Waals surface area contributed by atoms with Crippen LogP contribution in [-0.2, 0) is 0 Å². The predicted octanol–water partition coefficient (Wildman–Crippen LogP) is 1.93. The summed E-state index contributed by atoms with van der Waals surface area (Å²) >= 11 is 6.53. The maximum atomic E-state index is 5.06. The fourth-order valence-corrected chi connectivity index (χ4v) is 1.35. The van der Waals surface area contributed by atoms with Crippen molar-refractivity contribution >= 4 is 39.3 Å². The molecule has 0 spiro atoms. The second kappa shape index (κ2) is 3.43. The average molecular weight is 209 g/mol. The van der Waals surface area contributed by atoms with Crippen molar-refractivity contribution in [1.29, 1.82) is 0 Å². The van der Waals surface area contributed by atoms with Crippen LogP contribution >= 0.6 is 24.0 Å². The lowest BCUT2D eigenvalue weighted by Crippen LogP contribution is -2.07. The third-order valence-electron chi connectivity index (χ3n) is 1.62. The number of thioether (sulfide) groups is 1. The van der Waals surface area contributed by atoms with Gasteiger partial charge in [0.05, 0.1) is 0 Å². The zero-order chi connectivity index (χ0) is 9.26. The number of rotatable bonds is 0. The van der Waals surface area contributed by atoms with Crippen molar-refractivity contribution in [3.05, 3.63) is 24.3 Å². The Morgan fingerprint density at radius 2 is 1.85 bits per heavy atom. The highest BCUT2D eigenvalue weighted by atomic mass is 32.2. The van der Waals surface area contributed by atoms with Crippen LogP contribution in [0.2, 0.25) is 0 Å². The highest BCUT2D eigenvalue weighted by Crippen LogP contribution is 2.09. The molecule has 2 aromatic rings. The number of hydrogen-bond acceptors (Lipinski definition) is 4. The molecule has 5 heteroatoms. The van der Waals surface area contributed by atoms with E-state index in [0.29, 0.717) is 4.32 Å². The van der Waals surface area contributed by atoms with Crippen LogP contribution in [0.15, 0.2) is 24.3 Å². The van der Waals surface area contributed by atoms with Gasteiger partial charge in [-0.25, -0.2) is 0 Å². The minimum Gasteiger partial charge on any atom is -0.147 e. The summed E-state index contributed by atoms with van der Waals surface area (Å²) in [5, 5.41) is 8.45. The van der Waals surface area contributed by atoms with E-state index in [1.165, 1.54) is 16.6 Å². The van der Waals surface area contributed by atoms with Gasteiger partial charge < -0.3 is 0 Å². The van der Waals surface area contributed by atoms with E-state index in [4.69, 9.17) is 12.2 Å². The summed E-state index contributed by atoms with van der Waals surface area (Å²) in [6, 6.07) is 7.70. The number of aromatic nitrogens is 3. The largest absolute Gasteiger partial charge is 0.182 e. The quantitative estimate of drug-likeness (QED) is 0.620. The first kappa shape index (κ1) is 8.65. The molecular weight excluding hydrogens is 202 g/mol. The third kappa shape index (κ3) is 1.57. The normalized spacial score (nSPS) is 10.5. The molecule has 0 aliphatic heterocycles. The highest BCUT2D eigenvalue weighted by molar-refractivity contribution is 8.22. The topological polar surface area (TPSA) is 30.7 Å². The molecule has 0 atom stereocenters. The van der Waals surface area contributed by atoms with Crippen molar-refractivity contribution in [2.75, 3.05) is 6.26 Å². The molecule has 13 heavy (non-hydrogen) atoms. The molecule has 1 aromatic carbocycles. The maximum absolute atomic E-state index is 5.06. The lowest BCUT2D eigenvalue weighted by molar-refractivity contribution is 0.838. The summed E-state index contributed by atoms with van der Waals surface area (Å²) in [6.07, 6.45) is 1.91. The molecule has 0 amide bonds. The monoisotopic (exact) mass is 209 g/mol. The fraction of sp³-hybridized carbons (Fsp3) is 0.125. The number of thiocarbonyl (C=S) groups is 1. The standard InChI is InChI=1S/C8H7N3S2/c1-13-8(12)11-9-6-4-2-3-5-7(6)10-11/h2-5H,1H3. The summed E-state index contributed by atoms with van der Waals surface area (Å²) < 4.78 is 0.663. The number of hydrogen-bond donors (Lipinski definition) is 0. The van der Waals surface area contributed by atoms with Gasteiger partial charge in [-0.15, -0.1) is 15.0 Å². The summed E-state index contributed by atoms with van der Waals surface area (Å²) in [6.45, 7) is 0. The van der Waals surface area contributed by atoms with Gasteiger partial charge in [0, 0.05) is 0 Å². The number of fused-ring (bicyclic) bond motifs is 1. The molecule has 0 saturated heterocycles. The summed E-state index contributed by atoms with van der Waals surface area (Å²) in [4.78, 5) is 1.49. The van der Waals surface area contributed by atoms with Gasteiger partial charge in [-0.05, 0) is 30.6 Å². The minimum atomic E-state index is 0.663. The first-order valence-electron chi connectivity index (χ1n) is 3.71. The van der Waals surface area contributed by atoms with Crippen LogP contribution in [0.1, 0.15) is 0 Å². The van der Waals surface area contributed by atoms with Crippen LogP contribution in [0.4, 0.5) is 0 Å². The Morgan fingerprint density at radius 3 is 2.31 bits per heavy atom. The molecule has 1 heterocycles. The van der Waals surface area contributed by atoms with Crippen LogP contribution in [0, 0.1) is 0 Å². The van der Waals surface area contributed by atoms with Gasteiger partial charge in [0.2, 0.25) is 0 Å². The molecule has 0 aliphatic rings. The molecule has 0 N–H and O–H groups in total. The van der Waals surface area contributed by atoms with Crippen molar-refractivity contribution in [1.82, 2.24) is 15.0 Å². The van der Waals surface area contributed by atoms with Gasteiger partial charge in [0.1, 0.15) is 11.0 Å². The lowest BCUT2D eigenvalue weighted by atomic mass is 10.3. The van der Waals surface area contributed by atoms with E-state index < -0.39 is 0 Å². The van der Waals surface area contributed by atoms with Crippen molar-refractivity contribution < 1.29 is 0 Å². The number of nitrogens with zero attached hydrogens (tertiary/aromatic N) is 3. The number of benzene rings is 1. The molecule has 0 bridgehead atoms. The summed E-state index contributed by atoms with van der Waals surface area (Å²) in [7, 11) is 0. The van der Waals surface area contributed by atoms with Gasteiger partial charge in [0.15, 0.2) is 4.32 Å². The smallest absolute Gasteiger partial charge is 0.147 e. The molecule has 2 rings (SSSR count). The van der Waals surface area contributed by atoms with E-state index in [2.05, 4.69) is 10.2 Å². The van der Waals surface area contributed by atoms with Crippen LogP contribution in [0.25, 0.3) is 11.0 Å².